The van der Waals surface area contributed by atoms with Gasteiger partial charge in [0, 0.05) is 23.8 Å². The fourth-order valence-electron chi connectivity index (χ4n) is 3.96. The van der Waals surface area contributed by atoms with Crippen LogP contribution in [0.5, 0.6) is 0 Å². The summed E-state index contributed by atoms with van der Waals surface area (Å²) in [5.74, 6) is -0.426. The van der Waals surface area contributed by atoms with E-state index < -0.39 is 11.5 Å². The molecule has 2 N–H and O–H groups in total. The Kier molecular flexibility index (Phi) is 7.99. The Balaban J connectivity index is 1.65. The molecule has 1 atom stereocenters. The number of hydrogen-bond donors (Lipinski definition) is 2. The molecule has 8 heteroatoms. The molecule has 7 nitrogen and oxygen atoms in total. The summed E-state index contributed by atoms with van der Waals surface area (Å²) in [6.07, 6.45) is 5.56. The SMILES string of the molecule is COC[C@@H](NC(=O)C1(C)CCCCC1)C(=O)Nc1nc(C)c(Cc2ccc(C#N)cc2)s1. The molecule has 170 valence electrons. The standard InChI is InChI=1S/C24H30N4O3S/c1-16-20(13-17-7-9-18(14-25)10-8-17)32-23(26-16)28-21(29)19(15-31-3)27-22(30)24(2)11-5-4-6-12-24/h7-10,19H,4-6,11-13,15H2,1-3H3,(H,27,30)(H,26,28,29)/t19-/m1/s1. The molecule has 1 saturated carbocycles. The van der Waals surface area contributed by atoms with Crippen molar-refractivity contribution < 1.29 is 14.3 Å². The van der Waals surface area contributed by atoms with E-state index in [-0.39, 0.29) is 18.4 Å². The summed E-state index contributed by atoms with van der Waals surface area (Å²) in [5.41, 5.74) is 2.10. The molecule has 1 heterocycles. The van der Waals surface area contributed by atoms with Gasteiger partial charge < -0.3 is 15.4 Å². The molecule has 0 aliphatic heterocycles. The first-order valence-electron chi connectivity index (χ1n) is 10.9. The van der Waals surface area contributed by atoms with Crippen LogP contribution in [0, 0.1) is 23.7 Å². The van der Waals surface area contributed by atoms with Crippen molar-refractivity contribution in [2.45, 2.75) is 58.4 Å². The molecule has 2 amide bonds. The molecule has 2 aromatic rings. The van der Waals surface area contributed by atoms with Gasteiger partial charge in [-0.15, -0.1) is 11.3 Å². The van der Waals surface area contributed by atoms with E-state index >= 15 is 0 Å². The first-order valence-corrected chi connectivity index (χ1v) is 11.7. The zero-order chi connectivity index (χ0) is 23.1. The summed E-state index contributed by atoms with van der Waals surface area (Å²) in [5, 5.41) is 15.2. The Morgan fingerprint density at radius 2 is 1.94 bits per heavy atom. The zero-order valence-electron chi connectivity index (χ0n) is 18.9. The van der Waals surface area contributed by atoms with Gasteiger partial charge in [0.25, 0.3) is 5.91 Å². The van der Waals surface area contributed by atoms with Gasteiger partial charge in [0.1, 0.15) is 6.04 Å². The van der Waals surface area contributed by atoms with Crippen molar-refractivity contribution in [1.29, 1.82) is 5.26 Å². The quantitative estimate of drug-likeness (QED) is 0.628. The van der Waals surface area contributed by atoms with Crippen LogP contribution in [-0.4, -0.2) is 36.6 Å². The lowest BCUT2D eigenvalue weighted by molar-refractivity contribution is -0.135. The summed E-state index contributed by atoms with van der Waals surface area (Å²) >= 11 is 1.41. The minimum Gasteiger partial charge on any atom is -0.382 e. The molecular weight excluding hydrogens is 424 g/mol. The maximum atomic E-state index is 12.9. The number of rotatable bonds is 8. The lowest BCUT2D eigenvalue weighted by Gasteiger charge is -2.33. The second-order valence-electron chi connectivity index (χ2n) is 8.61. The average molecular weight is 455 g/mol. The minimum absolute atomic E-state index is 0.0915. The smallest absolute Gasteiger partial charge is 0.251 e. The second-order valence-corrected chi connectivity index (χ2v) is 9.69. The fraction of sp³-hybridized carbons (Fsp3) is 0.500. The first kappa shape index (κ1) is 23.9. The Morgan fingerprint density at radius 1 is 1.25 bits per heavy atom. The third-order valence-electron chi connectivity index (χ3n) is 6.03. The number of nitrogens with one attached hydrogen (secondary N) is 2. The second kappa shape index (κ2) is 10.7. The molecule has 0 saturated heterocycles. The number of aromatic nitrogens is 1. The van der Waals surface area contributed by atoms with Crippen LogP contribution in [0.15, 0.2) is 24.3 Å². The van der Waals surface area contributed by atoms with Gasteiger partial charge in [0.05, 0.1) is 23.9 Å². The molecular formula is C24H30N4O3S. The Bertz CT molecular complexity index is 988. The molecule has 0 spiro atoms. The lowest BCUT2D eigenvalue weighted by atomic mass is 9.75. The highest BCUT2D eigenvalue weighted by Crippen LogP contribution is 2.36. The summed E-state index contributed by atoms with van der Waals surface area (Å²) < 4.78 is 5.20. The molecule has 0 radical (unpaired) electrons. The van der Waals surface area contributed by atoms with Crippen LogP contribution in [0.1, 0.15) is 60.7 Å². The number of thiazole rings is 1. The summed E-state index contributed by atoms with van der Waals surface area (Å²) in [4.78, 5) is 31.3. The number of hydrogen-bond acceptors (Lipinski definition) is 6. The predicted octanol–water partition coefficient (Wildman–Crippen LogP) is 3.95. The molecule has 1 aromatic carbocycles. The van der Waals surface area contributed by atoms with Gasteiger partial charge in [-0.05, 0) is 37.5 Å². The molecule has 1 aliphatic carbocycles. The monoisotopic (exact) mass is 454 g/mol. The summed E-state index contributed by atoms with van der Waals surface area (Å²) in [6.45, 7) is 3.97. The number of ether oxygens (including phenoxy) is 1. The van der Waals surface area contributed by atoms with Crippen LogP contribution in [0.2, 0.25) is 0 Å². The fourth-order valence-corrected chi connectivity index (χ4v) is 4.96. The highest BCUT2D eigenvalue weighted by atomic mass is 32.1. The highest BCUT2D eigenvalue weighted by molar-refractivity contribution is 7.15. The van der Waals surface area contributed by atoms with Gasteiger partial charge in [-0.25, -0.2) is 4.98 Å². The van der Waals surface area contributed by atoms with E-state index in [9.17, 15) is 9.59 Å². The normalized spacial score (nSPS) is 16.1. The molecule has 1 aliphatic rings. The van der Waals surface area contributed by atoms with Crippen molar-refractivity contribution in [2.75, 3.05) is 19.0 Å². The summed E-state index contributed by atoms with van der Waals surface area (Å²) in [7, 11) is 1.51. The minimum atomic E-state index is -0.780. The van der Waals surface area contributed by atoms with E-state index in [0.717, 1.165) is 48.2 Å². The van der Waals surface area contributed by atoms with Crippen molar-refractivity contribution in [1.82, 2.24) is 10.3 Å². The van der Waals surface area contributed by atoms with Crippen LogP contribution in [0.25, 0.3) is 0 Å². The third kappa shape index (κ3) is 5.93. The van der Waals surface area contributed by atoms with Crippen LogP contribution < -0.4 is 10.6 Å². The van der Waals surface area contributed by atoms with Crippen molar-refractivity contribution >= 4 is 28.3 Å². The Hall–Kier alpha value is -2.76. The zero-order valence-corrected chi connectivity index (χ0v) is 19.7. The predicted molar refractivity (Wildman–Crippen MR) is 124 cm³/mol. The average Bonchev–Trinajstić information content (AvgIpc) is 3.12. The number of nitrogens with zero attached hydrogens (tertiary/aromatic N) is 2. The molecule has 3 rings (SSSR count). The largest absolute Gasteiger partial charge is 0.382 e. The number of amides is 2. The maximum absolute atomic E-state index is 12.9. The van der Waals surface area contributed by atoms with Gasteiger partial charge in [-0.1, -0.05) is 38.3 Å². The molecule has 1 fully saturated rings. The van der Waals surface area contributed by atoms with E-state index in [4.69, 9.17) is 10.00 Å². The number of aryl methyl sites for hydroxylation is 1. The number of benzene rings is 1. The van der Waals surface area contributed by atoms with Crippen LogP contribution >= 0.6 is 11.3 Å². The topological polar surface area (TPSA) is 104 Å². The number of methoxy groups -OCH3 is 1. The van der Waals surface area contributed by atoms with Crippen molar-refractivity contribution in [3.63, 3.8) is 0 Å². The van der Waals surface area contributed by atoms with Crippen LogP contribution in [-0.2, 0) is 20.7 Å². The Morgan fingerprint density at radius 3 is 2.56 bits per heavy atom. The molecule has 1 aromatic heterocycles. The number of carbonyl (C=O) groups excluding carboxylic acids is 2. The maximum Gasteiger partial charge on any atom is 0.251 e. The van der Waals surface area contributed by atoms with Gasteiger partial charge in [-0.2, -0.15) is 5.26 Å². The first-order chi connectivity index (χ1) is 15.3. The molecule has 0 bridgehead atoms. The lowest BCUT2D eigenvalue weighted by Crippen LogP contribution is -2.51. The van der Waals surface area contributed by atoms with E-state index in [0.29, 0.717) is 17.1 Å². The van der Waals surface area contributed by atoms with Crippen molar-refractivity contribution in [2.24, 2.45) is 5.41 Å². The van der Waals surface area contributed by atoms with Gasteiger partial charge in [0.15, 0.2) is 5.13 Å². The molecule has 0 unspecified atom stereocenters. The third-order valence-corrected chi connectivity index (χ3v) is 7.10. The number of carbonyl (C=O) groups is 2. The van der Waals surface area contributed by atoms with Crippen molar-refractivity contribution in [3.05, 3.63) is 46.0 Å². The molecule has 32 heavy (non-hydrogen) atoms. The van der Waals surface area contributed by atoms with Gasteiger partial charge in [-0.3, -0.25) is 9.59 Å². The summed E-state index contributed by atoms with van der Waals surface area (Å²) in [6, 6.07) is 8.76. The van der Waals surface area contributed by atoms with E-state index in [2.05, 4.69) is 21.7 Å². The van der Waals surface area contributed by atoms with Crippen LogP contribution in [0.3, 0.4) is 0 Å². The van der Waals surface area contributed by atoms with Crippen LogP contribution in [0.4, 0.5) is 5.13 Å². The van der Waals surface area contributed by atoms with Gasteiger partial charge >= 0.3 is 0 Å². The van der Waals surface area contributed by atoms with Crippen molar-refractivity contribution in [3.8, 4) is 6.07 Å². The van der Waals surface area contributed by atoms with E-state index in [1.165, 1.54) is 18.4 Å². The highest BCUT2D eigenvalue weighted by Gasteiger charge is 2.36. The van der Waals surface area contributed by atoms with E-state index in [1.54, 1.807) is 12.1 Å². The van der Waals surface area contributed by atoms with Gasteiger partial charge in [0.2, 0.25) is 5.91 Å². The van der Waals surface area contributed by atoms with E-state index in [1.807, 2.05) is 26.0 Å². The number of nitriles is 1. The number of anilines is 1. The Labute approximate surface area is 193 Å².